The summed E-state index contributed by atoms with van der Waals surface area (Å²) in [6.45, 7) is 2.94. The van der Waals surface area contributed by atoms with Crippen molar-refractivity contribution in [3.63, 3.8) is 0 Å². The molecule has 96 valence electrons. The molecule has 6 nitrogen and oxygen atoms in total. The minimum Gasteiger partial charge on any atom is -0.479 e. The largest absolute Gasteiger partial charge is 0.479 e. The predicted molar refractivity (Wildman–Crippen MR) is 49.0 cm³/mol. The summed E-state index contributed by atoms with van der Waals surface area (Å²) in [5.74, 6) is -2.79. The highest BCUT2D eigenvalue weighted by molar-refractivity contribution is 5.76. The summed E-state index contributed by atoms with van der Waals surface area (Å²) in [4.78, 5) is 11.2. The molecule has 1 rings (SSSR count). The molecule has 0 unspecified atom stereocenters. The SMILES string of the molecule is CCC(CC)(C(=O)O)n1nnnc1C(F)(F)F. The molecule has 1 N–H and O–H groups in total. The quantitative estimate of drug-likeness (QED) is 0.873. The van der Waals surface area contributed by atoms with Gasteiger partial charge in [0.25, 0.3) is 5.82 Å². The third-order valence-electron chi connectivity index (χ3n) is 2.70. The van der Waals surface area contributed by atoms with Gasteiger partial charge in [-0.05, 0) is 23.3 Å². The number of carbonyl (C=O) groups is 1. The van der Waals surface area contributed by atoms with Gasteiger partial charge in [-0.25, -0.2) is 9.48 Å². The Morgan fingerprint density at radius 1 is 1.35 bits per heavy atom. The Kier molecular flexibility index (Phi) is 3.39. The van der Waals surface area contributed by atoms with E-state index in [1.54, 1.807) is 0 Å². The van der Waals surface area contributed by atoms with Gasteiger partial charge in [-0.15, -0.1) is 5.10 Å². The Hall–Kier alpha value is -1.67. The molecule has 1 aromatic heterocycles. The Labute approximate surface area is 94.4 Å². The summed E-state index contributed by atoms with van der Waals surface area (Å²) in [5.41, 5.74) is -1.77. The van der Waals surface area contributed by atoms with Crippen LogP contribution in [0, 0.1) is 0 Å². The number of tetrazole rings is 1. The van der Waals surface area contributed by atoms with Gasteiger partial charge in [-0.2, -0.15) is 13.2 Å². The first-order valence-electron chi connectivity index (χ1n) is 4.89. The number of alkyl halides is 3. The molecule has 1 heterocycles. The Morgan fingerprint density at radius 2 is 1.88 bits per heavy atom. The van der Waals surface area contributed by atoms with E-state index in [2.05, 4.69) is 15.5 Å². The zero-order valence-electron chi connectivity index (χ0n) is 9.19. The lowest BCUT2D eigenvalue weighted by Crippen LogP contribution is -2.44. The molecule has 0 aliphatic carbocycles. The minimum absolute atomic E-state index is 0.0487. The molecule has 1 aromatic rings. The second kappa shape index (κ2) is 4.30. The summed E-state index contributed by atoms with van der Waals surface area (Å²) >= 11 is 0. The molecule has 0 bridgehead atoms. The van der Waals surface area contributed by atoms with Crippen LogP contribution in [0.4, 0.5) is 13.2 Å². The first-order chi connectivity index (χ1) is 7.79. The minimum atomic E-state index is -4.78. The van der Waals surface area contributed by atoms with Crippen molar-refractivity contribution in [1.29, 1.82) is 0 Å². The van der Waals surface area contributed by atoms with E-state index in [-0.39, 0.29) is 12.8 Å². The molecule has 0 aromatic carbocycles. The standard InChI is InChI=1S/C8H11F3N4O2/c1-3-7(4-2,6(16)17)15-5(8(9,10)11)12-13-14-15/h3-4H2,1-2H3,(H,16,17). The zero-order chi connectivity index (χ0) is 13.3. The van der Waals surface area contributed by atoms with Gasteiger partial charge >= 0.3 is 12.1 Å². The van der Waals surface area contributed by atoms with Crippen LogP contribution in [0.25, 0.3) is 0 Å². The monoisotopic (exact) mass is 252 g/mol. The van der Waals surface area contributed by atoms with E-state index in [0.29, 0.717) is 4.68 Å². The smallest absolute Gasteiger partial charge is 0.453 e. The molecule has 0 aliphatic heterocycles. The first kappa shape index (κ1) is 13.4. The summed E-state index contributed by atoms with van der Waals surface area (Å²) in [6.07, 6.45) is -4.88. The van der Waals surface area contributed by atoms with Crippen molar-refractivity contribution in [3.8, 4) is 0 Å². The van der Waals surface area contributed by atoms with Crippen LogP contribution in [-0.4, -0.2) is 31.3 Å². The molecular weight excluding hydrogens is 241 g/mol. The molecule has 9 heteroatoms. The van der Waals surface area contributed by atoms with E-state index in [4.69, 9.17) is 5.11 Å². The number of carboxylic acids is 1. The molecule has 0 atom stereocenters. The second-order valence-corrected chi connectivity index (χ2v) is 3.46. The highest BCUT2D eigenvalue weighted by atomic mass is 19.4. The lowest BCUT2D eigenvalue weighted by Gasteiger charge is -2.27. The van der Waals surface area contributed by atoms with E-state index in [1.165, 1.54) is 13.8 Å². The van der Waals surface area contributed by atoms with Crippen LogP contribution in [0.3, 0.4) is 0 Å². The number of aromatic nitrogens is 4. The zero-order valence-corrected chi connectivity index (χ0v) is 9.19. The van der Waals surface area contributed by atoms with Gasteiger partial charge in [0.15, 0.2) is 5.54 Å². The van der Waals surface area contributed by atoms with Crippen molar-refractivity contribution in [3.05, 3.63) is 5.82 Å². The molecule has 0 spiro atoms. The van der Waals surface area contributed by atoms with Gasteiger partial charge in [-0.3, -0.25) is 0 Å². The average Bonchev–Trinajstić information content (AvgIpc) is 2.69. The van der Waals surface area contributed by atoms with Crippen molar-refractivity contribution >= 4 is 5.97 Å². The maximum Gasteiger partial charge on any atom is 0.453 e. The fourth-order valence-electron chi connectivity index (χ4n) is 1.59. The maximum absolute atomic E-state index is 12.6. The fourth-order valence-corrected chi connectivity index (χ4v) is 1.59. The van der Waals surface area contributed by atoms with Crippen molar-refractivity contribution in [2.45, 2.75) is 38.4 Å². The summed E-state index contributed by atoms with van der Waals surface area (Å²) < 4.78 is 38.1. The third kappa shape index (κ3) is 2.08. The van der Waals surface area contributed by atoms with Gasteiger partial charge in [0.1, 0.15) is 0 Å². The Bertz CT molecular complexity index is 411. The second-order valence-electron chi connectivity index (χ2n) is 3.46. The van der Waals surface area contributed by atoms with Gasteiger partial charge in [0.05, 0.1) is 0 Å². The van der Waals surface area contributed by atoms with Crippen LogP contribution < -0.4 is 0 Å². The van der Waals surface area contributed by atoms with Gasteiger partial charge < -0.3 is 5.11 Å². The molecule has 0 radical (unpaired) electrons. The van der Waals surface area contributed by atoms with Crippen molar-refractivity contribution in [1.82, 2.24) is 20.2 Å². The van der Waals surface area contributed by atoms with Crippen molar-refractivity contribution in [2.24, 2.45) is 0 Å². The maximum atomic E-state index is 12.6. The molecule has 17 heavy (non-hydrogen) atoms. The molecule has 0 fully saturated rings. The molecular formula is C8H11F3N4O2. The number of hydrogen-bond acceptors (Lipinski definition) is 4. The van der Waals surface area contributed by atoms with E-state index >= 15 is 0 Å². The molecule has 0 aliphatic rings. The summed E-state index contributed by atoms with van der Waals surface area (Å²) in [7, 11) is 0. The van der Waals surface area contributed by atoms with Crippen LogP contribution in [0.2, 0.25) is 0 Å². The number of aliphatic carboxylic acids is 1. The molecule has 0 saturated carbocycles. The van der Waals surface area contributed by atoms with Crippen LogP contribution >= 0.6 is 0 Å². The fraction of sp³-hybridized carbons (Fsp3) is 0.750. The average molecular weight is 252 g/mol. The van der Waals surface area contributed by atoms with Crippen LogP contribution in [-0.2, 0) is 16.5 Å². The number of nitrogens with zero attached hydrogens (tertiary/aromatic N) is 4. The van der Waals surface area contributed by atoms with E-state index < -0.39 is 23.5 Å². The number of carboxylic acid groups (broad SMARTS) is 1. The van der Waals surface area contributed by atoms with Crippen LogP contribution in [0.15, 0.2) is 0 Å². The van der Waals surface area contributed by atoms with Gasteiger partial charge in [-0.1, -0.05) is 13.8 Å². The summed E-state index contributed by atoms with van der Waals surface area (Å²) in [5, 5.41) is 18.0. The Balaban J connectivity index is 3.40. The summed E-state index contributed by atoms with van der Waals surface area (Å²) in [6, 6.07) is 0. The van der Waals surface area contributed by atoms with Crippen LogP contribution in [0.1, 0.15) is 32.5 Å². The third-order valence-corrected chi connectivity index (χ3v) is 2.70. The Morgan fingerprint density at radius 3 is 2.24 bits per heavy atom. The van der Waals surface area contributed by atoms with Gasteiger partial charge in [0, 0.05) is 0 Å². The van der Waals surface area contributed by atoms with E-state index in [1.807, 2.05) is 0 Å². The normalized spacial score (nSPS) is 12.8. The highest BCUT2D eigenvalue weighted by Gasteiger charge is 2.47. The first-order valence-corrected chi connectivity index (χ1v) is 4.89. The van der Waals surface area contributed by atoms with Gasteiger partial charge in [0.2, 0.25) is 0 Å². The highest BCUT2D eigenvalue weighted by Crippen LogP contribution is 2.33. The van der Waals surface area contributed by atoms with E-state index in [9.17, 15) is 18.0 Å². The van der Waals surface area contributed by atoms with Crippen molar-refractivity contribution < 1.29 is 23.1 Å². The number of hydrogen-bond donors (Lipinski definition) is 1. The lowest BCUT2D eigenvalue weighted by atomic mass is 9.93. The molecule has 0 saturated heterocycles. The number of halogens is 3. The lowest BCUT2D eigenvalue weighted by molar-refractivity contribution is -0.158. The van der Waals surface area contributed by atoms with Crippen LogP contribution in [0.5, 0.6) is 0 Å². The predicted octanol–water partition coefficient (Wildman–Crippen LogP) is 1.29. The molecule has 0 amide bonds. The van der Waals surface area contributed by atoms with Crippen molar-refractivity contribution in [2.75, 3.05) is 0 Å². The van der Waals surface area contributed by atoms with E-state index in [0.717, 1.165) is 0 Å². The number of rotatable bonds is 4. The topological polar surface area (TPSA) is 80.9 Å².